The third-order valence-electron chi connectivity index (χ3n) is 5.25. The van der Waals surface area contributed by atoms with Crippen molar-refractivity contribution < 1.29 is 18.8 Å². The van der Waals surface area contributed by atoms with Gasteiger partial charge in [-0.25, -0.2) is 14.2 Å². The molecule has 10 heteroatoms. The molecule has 4 rings (SSSR count). The Labute approximate surface area is 194 Å². The number of piperazine rings is 1. The Morgan fingerprint density at radius 1 is 0.939 bits per heavy atom. The molecule has 170 valence electrons. The molecule has 0 aliphatic carbocycles. The Morgan fingerprint density at radius 3 is 2.24 bits per heavy atom. The number of Topliss-reactive ketones (excluding diaryl/α,β-unsaturated/α-hetero) is 1. The summed E-state index contributed by atoms with van der Waals surface area (Å²) in [5, 5.41) is 7.07. The Hall–Kier alpha value is -3.79. The van der Waals surface area contributed by atoms with Crippen molar-refractivity contribution in [3.8, 4) is 0 Å². The lowest BCUT2D eigenvalue weighted by Gasteiger charge is -2.35. The van der Waals surface area contributed by atoms with E-state index < -0.39 is 11.8 Å². The van der Waals surface area contributed by atoms with E-state index in [-0.39, 0.29) is 17.4 Å². The first-order valence-electron chi connectivity index (χ1n) is 10.3. The van der Waals surface area contributed by atoms with Crippen LogP contribution in [-0.4, -0.2) is 53.8 Å². The Kier molecular flexibility index (Phi) is 6.64. The number of urea groups is 1. The minimum atomic E-state index is -0.528. The number of ketones is 1. The van der Waals surface area contributed by atoms with Crippen molar-refractivity contribution >= 4 is 45.6 Å². The number of carbonyl (C=O) groups excluding carboxylic acids is 3. The third-order valence-corrected chi connectivity index (χ3v) is 6.01. The van der Waals surface area contributed by atoms with Crippen molar-refractivity contribution in [2.24, 2.45) is 0 Å². The quantitative estimate of drug-likeness (QED) is 0.551. The highest BCUT2D eigenvalue weighted by Gasteiger charge is 2.24. The van der Waals surface area contributed by atoms with E-state index in [0.29, 0.717) is 42.6 Å². The smallest absolute Gasteiger partial charge is 0.325 e. The fourth-order valence-corrected chi connectivity index (χ4v) is 4.14. The monoisotopic (exact) mass is 467 g/mol. The fourth-order valence-electron chi connectivity index (χ4n) is 3.46. The number of nitrogens with one attached hydrogen (secondary N) is 2. The minimum Gasteiger partial charge on any atom is -0.368 e. The molecule has 0 spiro atoms. The van der Waals surface area contributed by atoms with E-state index in [9.17, 15) is 18.8 Å². The summed E-state index contributed by atoms with van der Waals surface area (Å²) in [6.45, 7) is 3.95. The molecule has 2 aromatic carbocycles. The third kappa shape index (κ3) is 5.53. The SMILES string of the molecule is CC(=O)c1ccc(N2CCN(C(=O)c3csc(NC(=O)Nc4ccc(F)cc4)n3)CC2)cc1. The van der Waals surface area contributed by atoms with E-state index in [0.717, 1.165) is 17.0 Å². The maximum absolute atomic E-state index is 13.0. The van der Waals surface area contributed by atoms with E-state index in [1.54, 1.807) is 10.3 Å². The maximum Gasteiger partial charge on any atom is 0.325 e. The van der Waals surface area contributed by atoms with E-state index in [1.807, 2.05) is 24.3 Å². The summed E-state index contributed by atoms with van der Waals surface area (Å²) in [6, 6.07) is 12.3. The second kappa shape index (κ2) is 9.78. The lowest BCUT2D eigenvalue weighted by atomic mass is 10.1. The standard InChI is InChI=1S/C23H22FN5O3S/c1-15(30)16-2-8-19(9-3-16)28-10-12-29(13-11-28)21(31)20-14-33-23(26-20)27-22(32)25-18-6-4-17(24)5-7-18/h2-9,14H,10-13H2,1H3,(H2,25,26,27,32). The van der Waals surface area contributed by atoms with Gasteiger partial charge in [0, 0.05) is 48.5 Å². The molecule has 0 radical (unpaired) electrons. The molecule has 1 fully saturated rings. The van der Waals surface area contributed by atoms with Crippen LogP contribution >= 0.6 is 11.3 Å². The van der Waals surface area contributed by atoms with E-state index in [1.165, 1.54) is 31.2 Å². The number of thiazole rings is 1. The average molecular weight is 468 g/mol. The summed E-state index contributed by atoms with van der Waals surface area (Å²) >= 11 is 1.16. The summed E-state index contributed by atoms with van der Waals surface area (Å²) in [7, 11) is 0. The van der Waals surface area contributed by atoms with E-state index in [2.05, 4.69) is 20.5 Å². The zero-order valence-electron chi connectivity index (χ0n) is 17.9. The van der Waals surface area contributed by atoms with Crippen LogP contribution in [0.15, 0.2) is 53.9 Å². The first-order chi connectivity index (χ1) is 15.9. The topological polar surface area (TPSA) is 94.6 Å². The molecule has 0 saturated carbocycles. The molecule has 8 nitrogen and oxygen atoms in total. The summed E-state index contributed by atoms with van der Waals surface area (Å²) < 4.78 is 13.0. The second-order valence-corrected chi connectivity index (χ2v) is 8.36. The molecule has 0 unspecified atom stereocenters. The van der Waals surface area contributed by atoms with Crippen molar-refractivity contribution in [3.63, 3.8) is 0 Å². The van der Waals surface area contributed by atoms with E-state index in [4.69, 9.17) is 0 Å². The van der Waals surface area contributed by atoms with Gasteiger partial charge in [-0.15, -0.1) is 11.3 Å². The van der Waals surface area contributed by atoms with Gasteiger partial charge in [-0.3, -0.25) is 14.9 Å². The number of halogens is 1. The van der Waals surface area contributed by atoms with Crippen molar-refractivity contribution in [1.82, 2.24) is 9.88 Å². The lowest BCUT2D eigenvalue weighted by Crippen LogP contribution is -2.48. The van der Waals surface area contributed by atoms with Gasteiger partial charge in [-0.05, 0) is 55.5 Å². The van der Waals surface area contributed by atoms with Gasteiger partial charge in [-0.2, -0.15) is 0 Å². The number of carbonyl (C=O) groups is 3. The van der Waals surface area contributed by atoms with Crippen LogP contribution in [0.3, 0.4) is 0 Å². The number of hydrogen-bond donors (Lipinski definition) is 2. The predicted molar refractivity (Wildman–Crippen MR) is 126 cm³/mol. The molecular formula is C23H22FN5O3S. The van der Waals surface area contributed by atoms with Gasteiger partial charge in [0.25, 0.3) is 5.91 Å². The van der Waals surface area contributed by atoms with Crippen LogP contribution in [0, 0.1) is 5.82 Å². The second-order valence-electron chi connectivity index (χ2n) is 7.51. The molecule has 33 heavy (non-hydrogen) atoms. The molecule has 2 heterocycles. The number of aromatic nitrogens is 1. The normalized spacial score (nSPS) is 13.5. The molecule has 2 N–H and O–H groups in total. The molecule has 3 amide bonds. The van der Waals surface area contributed by atoms with Gasteiger partial charge in [-0.1, -0.05) is 0 Å². The molecule has 1 aromatic heterocycles. The van der Waals surface area contributed by atoms with Crippen LogP contribution in [0.1, 0.15) is 27.8 Å². The number of rotatable bonds is 5. The lowest BCUT2D eigenvalue weighted by molar-refractivity contribution is 0.0741. The van der Waals surface area contributed by atoms with Crippen LogP contribution in [0.2, 0.25) is 0 Å². The highest BCUT2D eigenvalue weighted by Crippen LogP contribution is 2.21. The van der Waals surface area contributed by atoms with Gasteiger partial charge in [0.15, 0.2) is 10.9 Å². The van der Waals surface area contributed by atoms with Gasteiger partial charge in [0.2, 0.25) is 0 Å². The van der Waals surface area contributed by atoms with Crippen LogP contribution < -0.4 is 15.5 Å². The molecule has 1 saturated heterocycles. The number of anilines is 3. The Bertz CT molecular complexity index is 1160. The van der Waals surface area contributed by atoms with Crippen LogP contribution in [0.5, 0.6) is 0 Å². The number of nitrogens with zero attached hydrogens (tertiary/aromatic N) is 3. The molecular weight excluding hydrogens is 445 g/mol. The van der Waals surface area contributed by atoms with Crippen molar-refractivity contribution in [2.75, 3.05) is 41.7 Å². The zero-order chi connectivity index (χ0) is 23.4. The molecule has 1 aliphatic heterocycles. The van der Waals surface area contributed by atoms with Gasteiger partial charge < -0.3 is 15.1 Å². The van der Waals surface area contributed by atoms with Gasteiger partial charge >= 0.3 is 6.03 Å². The Morgan fingerprint density at radius 2 is 1.61 bits per heavy atom. The van der Waals surface area contributed by atoms with Crippen molar-refractivity contribution in [3.05, 3.63) is 71.0 Å². The van der Waals surface area contributed by atoms with Crippen LogP contribution in [-0.2, 0) is 0 Å². The minimum absolute atomic E-state index is 0.0297. The number of amides is 3. The first-order valence-corrected chi connectivity index (χ1v) is 11.2. The Balaban J connectivity index is 1.30. The molecule has 0 atom stereocenters. The van der Waals surface area contributed by atoms with Crippen molar-refractivity contribution in [2.45, 2.75) is 6.92 Å². The summed E-state index contributed by atoms with van der Waals surface area (Å²) in [5.74, 6) is -0.553. The average Bonchev–Trinajstić information content (AvgIpc) is 3.28. The highest BCUT2D eigenvalue weighted by atomic mass is 32.1. The summed E-state index contributed by atoms with van der Waals surface area (Å²) in [4.78, 5) is 44.5. The zero-order valence-corrected chi connectivity index (χ0v) is 18.7. The predicted octanol–water partition coefficient (Wildman–Crippen LogP) is 4.09. The fraction of sp³-hybridized carbons (Fsp3) is 0.217. The van der Waals surface area contributed by atoms with Crippen molar-refractivity contribution in [1.29, 1.82) is 0 Å². The highest BCUT2D eigenvalue weighted by molar-refractivity contribution is 7.14. The van der Waals surface area contributed by atoms with Gasteiger partial charge in [0.1, 0.15) is 11.5 Å². The molecule has 0 bridgehead atoms. The van der Waals surface area contributed by atoms with Crippen LogP contribution in [0.4, 0.5) is 25.7 Å². The first kappa shape index (κ1) is 22.4. The largest absolute Gasteiger partial charge is 0.368 e. The van der Waals surface area contributed by atoms with Crippen LogP contribution in [0.25, 0.3) is 0 Å². The summed E-state index contributed by atoms with van der Waals surface area (Å²) in [6.07, 6.45) is 0. The number of benzene rings is 2. The van der Waals surface area contributed by atoms with E-state index >= 15 is 0 Å². The maximum atomic E-state index is 13.0. The summed E-state index contributed by atoms with van der Waals surface area (Å²) in [5.41, 5.74) is 2.40. The molecule has 3 aromatic rings. The van der Waals surface area contributed by atoms with Gasteiger partial charge in [0.05, 0.1) is 0 Å². The number of hydrogen-bond acceptors (Lipinski definition) is 6. The molecule has 1 aliphatic rings.